The van der Waals surface area contributed by atoms with E-state index < -0.39 is 0 Å². The van der Waals surface area contributed by atoms with Crippen molar-refractivity contribution in [1.29, 1.82) is 0 Å². The highest BCUT2D eigenvalue weighted by molar-refractivity contribution is 6.31. The molecule has 0 atom stereocenters. The fourth-order valence-corrected chi connectivity index (χ4v) is 5.53. The molecule has 33 heavy (non-hydrogen) atoms. The fourth-order valence-electron chi connectivity index (χ4n) is 5.15. The minimum Gasteiger partial charge on any atom is -0.339 e. The van der Waals surface area contributed by atoms with Crippen molar-refractivity contribution in [2.75, 3.05) is 26.2 Å². The highest BCUT2D eigenvalue weighted by atomic mass is 35.5. The summed E-state index contributed by atoms with van der Waals surface area (Å²) >= 11 is 12.1. The van der Waals surface area contributed by atoms with Gasteiger partial charge in [0.25, 0.3) is 11.8 Å². The van der Waals surface area contributed by atoms with Gasteiger partial charge in [-0.3, -0.25) is 9.59 Å². The molecule has 0 aliphatic carbocycles. The zero-order valence-corrected chi connectivity index (χ0v) is 20.5. The number of carbonyl (C=O) groups excluding carboxylic acids is 2. The lowest BCUT2D eigenvalue weighted by atomic mass is 9.86. The van der Waals surface area contributed by atoms with Crippen LogP contribution < -0.4 is 0 Å². The molecule has 0 bridgehead atoms. The maximum absolute atomic E-state index is 12.7. The Bertz CT molecular complexity index is 887. The normalized spacial score (nSPS) is 17.9. The number of piperidine rings is 2. The Balaban J connectivity index is 1.14. The van der Waals surface area contributed by atoms with Crippen molar-refractivity contribution in [1.82, 2.24) is 9.80 Å². The molecule has 6 heteroatoms. The second-order valence-corrected chi connectivity index (χ2v) is 10.3. The first-order chi connectivity index (χ1) is 16.0. The number of benzene rings is 2. The first-order valence-corrected chi connectivity index (χ1v) is 12.8. The summed E-state index contributed by atoms with van der Waals surface area (Å²) in [5, 5.41) is 1.21. The van der Waals surface area contributed by atoms with Gasteiger partial charge in [-0.05, 0) is 73.9 Å². The highest BCUT2D eigenvalue weighted by Crippen LogP contribution is 2.28. The molecule has 4 nitrogen and oxygen atoms in total. The van der Waals surface area contributed by atoms with E-state index in [1.54, 1.807) is 24.3 Å². The van der Waals surface area contributed by atoms with E-state index >= 15 is 0 Å². The molecule has 0 radical (unpaired) electrons. The molecular formula is C27H32Cl2N2O2. The van der Waals surface area contributed by atoms with Crippen LogP contribution in [0.1, 0.15) is 65.7 Å². The summed E-state index contributed by atoms with van der Waals surface area (Å²) in [6.45, 7) is 3.33. The highest BCUT2D eigenvalue weighted by Gasteiger charge is 2.26. The second kappa shape index (κ2) is 11.4. The Morgan fingerprint density at radius 2 is 1.09 bits per heavy atom. The Hall–Kier alpha value is -2.04. The summed E-state index contributed by atoms with van der Waals surface area (Å²) in [6, 6.07) is 14.5. The number of hydrogen-bond donors (Lipinski definition) is 0. The molecule has 2 aliphatic heterocycles. The Morgan fingerprint density at radius 1 is 0.697 bits per heavy atom. The smallest absolute Gasteiger partial charge is 0.253 e. The van der Waals surface area contributed by atoms with E-state index in [0.717, 1.165) is 51.9 Å². The van der Waals surface area contributed by atoms with Gasteiger partial charge in [0, 0.05) is 47.4 Å². The summed E-state index contributed by atoms with van der Waals surface area (Å²) < 4.78 is 0. The average Bonchev–Trinajstić information content (AvgIpc) is 2.84. The topological polar surface area (TPSA) is 40.6 Å². The molecule has 0 spiro atoms. The zero-order chi connectivity index (χ0) is 23.2. The van der Waals surface area contributed by atoms with E-state index in [1.807, 2.05) is 34.1 Å². The third-order valence-corrected chi connectivity index (χ3v) is 7.64. The van der Waals surface area contributed by atoms with Crippen LogP contribution in [0.15, 0.2) is 48.5 Å². The summed E-state index contributed by atoms with van der Waals surface area (Å²) in [4.78, 5) is 29.3. The minimum atomic E-state index is 0.0926. The number of rotatable bonds is 6. The van der Waals surface area contributed by atoms with Crippen molar-refractivity contribution in [2.24, 2.45) is 11.8 Å². The molecule has 2 heterocycles. The lowest BCUT2D eigenvalue weighted by molar-refractivity contribution is 0.0680. The van der Waals surface area contributed by atoms with Gasteiger partial charge >= 0.3 is 0 Å². The minimum absolute atomic E-state index is 0.0926. The molecule has 2 amide bonds. The summed E-state index contributed by atoms with van der Waals surface area (Å²) in [6.07, 6.45) is 8.04. The van der Waals surface area contributed by atoms with E-state index in [2.05, 4.69) is 0 Å². The number of amides is 2. The van der Waals surface area contributed by atoms with Gasteiger partial charge in [-0.1, -0.05) is 54.6 Å². The van der Waals surface area contributed by atoms with Gasteiger partial charge in [0.2, 0.25) is 0 Å². The van der Waals surface area contributed by atoms with Gasteiger partial charge in [0.05, 0.1) is 0 Å². The van der Waals surface area contributed by atoms with Crippen molar-refractivity contribution in [3.8, 4) is 0 Å². The van der Waals surface area contributed by atoms with Gasteiger partial charge in [0.1, 0.15) is 0 Å². The number of likely N-dealkylation sites (tertiary alicyclic amines) is 2. The van der Waals surface area contributed by atoms with E-state index in [0.29, 0.717) is 33.0 Å². The van der Waals surface area contributed by atoms with Crippen LogP contribution >= 0.6 is 23.2 Å². The molecule has 2 saturated heterocycles. The molecule has 0 saturated carbocycles. The summed E-state index contributed by atoms with van der Waals surface area (Å²) in [5.41, 5.74) is 1.36. The van der Waals surface area contributed by atoms with Gasteiger partial charge in [-0.2, -0.15) is 0 Å². The predicted molar refractivity (Wildman–Crippen MR) is 134 cm³/mol. The lowest BCUT2D eigenvalue weighted by Gasteiger charge is -2.34. The van der Waals surface area contributed by atoms with Crippen LogP contribution in [0.2, 0.25) is 10.0 Å². The Morgan fingerprint density at radius 3 is 1.45 bits per heavy atom. The van der Waals surface area contributed by atoms with Gasteiger partial charge in [0.15, 0.2) is 0 Å². The Labute approximate surface area is 206 Å². The first kappa shape index (κ1) is 24.1. The maximum Gasteiger partial charge on any atom is 0.253 e. The Kier molecular flexibility index (Phi) is 8.32. The van der Waals surface area contributed by atoms with E-state index in [1.165, 1.54) is 19.3 Å². The molecule has 4 rings (SSSR count). The molecule has 0 N–H and O–H groups in total. The van der Waals surface area contributed by atoms with Crippen LogP contribution in [-0.4, -0.2) is 47.8 Å². The summed E-state index contributed by atoms with van der Waals surface area (Å²) in [7, 11) is 0. The molecule has 2 aliphatic rings. The predicted octanol–water partition coefficient (Wildman–Crippen LogP) is 6.57. The van der Waals surface area contributed by atoms with Gasteiger partial charge < -0.3 is 9.80 Å². The largest absolute Gasteiger partial charge is 0.339 e. The van der Waals surface area contributed by atoms with E-state index in [-0.39, 0.29) is 11.8 Å². The monoisotopic (exact) mass is 486 g/mol. The first-order valence-electron chi connectivity index (χ1n) is 12.1. The maximum atomic E-state index is 12.7. The number of hydrogen-bond acceptors (Lipinski definition) is 2. The quantitative estimate of drug-likeness (QED) is 0.463. The van der Waals surface area contributed by atoms with Crippen LogP contribution in [0.5, 0.6) is 0 Å². The van der Waals surface area contributed by atoms with Crippen molar-refractivity contribution in [2.45, 2.75) is 44.9 Å². The van der Waals surface area contributed by atoms with E-state index in [4.69, 9.17) is 23.2 Å². The molecule has 2 fully saturated rings. The summed E-state index contributed by atoms with van der Waals surface area (Å²) in [5.74, 6) is 1.60. The molecule has 176 valence electrons. The number of nitrogens with zero attached hydrogens (tertiary/aromatic N) is 2. The number of carbonyl (C=O) groups is 2. The van der Waals surface area contributed by atoms with Crippen LogP contribution in [0, 0.1) is 11.8 Å². The third kappa shape index (κ3) is 6.51. The van der Waals surface area contributed by atoms with Crippen LogP contribution in [0.4, 0.5) is 0 Å². The molecule has 2 aromatic rings. The van der Waals surface area contributed by atoms with Crippen molar-refractivity contribution in [3.63, 3.8) is 0 Å². The molecule has 0 unspecified atom stereocenters. The number of halogens is 2. The zero-order valence-electron chi connectivity index (χ0n) is 19.0. The van der Waals surface area contributed by atoms with Crippen LogP contribution in [0.25, 0.3) is 0 Å². The third-order valence-electron chi connectivity index (χ3n) is 7.17. The van der Waals surface area contributed by atoms with Crippen LogP contribution in [0.3, 0.4) is 0 Å². The van der Waals surface area contributed by atoms with Crippen molar-refractivity contribution < 1.29 is 9.59 Å². The fraction of sp³-hybridized carbons (Fsp3) is 0.481. The van der Waals surface area contributed by atoms with Crippen LogP contribution in [-0.2, 0) is 0 Å². The molecule has 0 aromatic heterocycles. The van der Waals surface area contributed by atoms with Crippen molar-refractivity contribution in [3.05, 3.63) is 69.7 Å². The average molecular weight is 487 g/mol. The van der Waals surface area contributed by atoms with Gasteiger partial charge in [-0.15, -0.1) is 0 Å². The van der Waals surface area contributed by atoms with Crippen molar-refractivity contribution >= 4 is 35.0 Å². The SMILES string of the molecule is O=C(c1cccc(Cl)c1)N1CCC(CCCC2CCN(C(=O)c3cccc(Cl)c3)CC2)CC1. The van der Waals surface area contributed by atoms with E-state index in [9.17, 15) is 9.59 Å². The molecular weight excluding hydrogens is 455 g/mol. The lowest BCUT2D eigenvalue weighted by Crippen LogP contribution is -2.39. The van der Waals surface area contributed by atoms with Gasteiger partial charge in [-0.25, -0.2) is 0 Å². The molecule has 2 aromatic carbocycles. The second-order valence-electron chi connectivity index (χ2n) is 9.42. The standard InChI is InChI=1S/C27H32Cl2N2O2/c28-24-8-2-6-22(18-24)26(32)30-14-10-20(11-15-30)4-1-5-21-12-16-31(17-13-21)27(33)23-7-3-9-25(29)19-23/h2-3,6-9,18-21H,1,4-5,10-17H2.